The first-order chi connectivity index (χ1) is 16.5. The summed E-state index contributed by atoms with van der Waals surface area (Å²) < 4.78 is 44.5. The number of amides is 3. The number of benzene rings is 1. The number of ether oxygens (including phenoxy) is 1. The maximum absolute atomic E-state index is 13.3. The van der Waals surface area contributed by atoms with E-state index in [1.807, 2.05) is 0 Å². The molecule has 0 radical (unpaired) electrons. The van der Waals surface area contributed by atoms with E-state index in [-0.39, 0.29) is 36.4 Å². The van der Waals surface area contributed by atoms with Gasteiger partial charge >= 0.3 is 12.1 Å². The molecule has 1 heterocycles. The lowest BCUT2D eigenvalue weighted by atomic mass is 10.0. The van der Waals surface area contributed by atoms with Gasteiger partial charge < -0.3 is 26.1 Å². The molecule has 1 aromatic heterocycles. The summed E-state index contributed by atoms with van der Waals surface area (Å²) in [6.07, 6.45) is -2.07. The highest BCUT2D eigenvalue weighted by Crippen LogP contribution is 2.36. The summed E-state index contributed by atoms with van der Waals surface area (Å²) in [5.41, 5.74) is 4.19. The molecule has 9 nitrogen and oxygen atoms in total. The van der Waals surface area contributed by atoms with Crippen LogP contribution in [0.1, 0.15) is 35.8 Å². The Hall–Kier alpha value is -4.09. The molecule has 1 aromatic carbocycles. The van der Waals surface area contributed by atoms with Gasteiger partial charge in [0.05, 0.1) is 18.7 Å². The second kappa shape index (κ2) is 12.4. The molecule has 35 heavy (non-hydrogen) atoms. The normalized spacial score (nSPS) is 12.2. The summed E-state index contributed by atoms with van der Waals surface area (Å²) in [7, 11) is 0. The molecule has 2 rings (SSSR count). The van der Waals surface area contributed by atoms with Crippen molar-refractivity contribution in [2.75, 3.05) is 13.2 Å². The number of nitrogens with one attached hydrogen (secondary N) is 3. The summed E-state index contributed by atoms with van der Waals surface area (Å²) in [5.74, 6) is -2.58. The standard InChI is InChI=1S/C23H25F3N4O5/c1-2-35-21(33)12-8-14(7-11-19(27)31)29-20(32)13-28-22(34)18-10-9-17(30-18)15-5-3-4-6-16(15)23(24,25)26/h3-6,8-10,12,14,30H,2,7,11,13H2,1H3,(H2,27,31)(H,28,34)(H,29,32)/b12-8+. The van der Waals surface area contributed by atoms with Gasteiger partial charge in [-0.1, -0.05) is 24.3 Å². The number of alkyl halides is 3. The number of nitrogens with two attached hydrogens (primary N) is 1. The lowest BCUT2D eigenvalue weighted by molar-refractivity contribution is -0.138. The second-order valence-corrected chi connectivity index (χ2v) is 7.30. The monoisotopic (exact) mass is 494 g/mol. The van der Waals surface area contributed by atoms with Crippen LogP contribution < -0.4 is 16.4 Å². The van der Waals surface area contributed by atoms with Crippen LogP contribution in [0, 0.1) is 0 Å². The molecular formula is C23H25F3N4O5. The van der Waals surface area contributed by atoms with Crippen LogP contribution in [0.2, 0.25) is 0 Å². The van der Waals surface area contributed by atoms with E-state index < -0.39 is 48.0 Å². The van der Waals surface area contributed by atoms with Gasteiger partial charge in [0.2, 0.25) is 11.8 Å². The average Bonchev–Trinajstić information content (AvgIpc) is 3.29. The number of carbonyl (C=O) groups is 4. The van der Waals surface area contributed by atoms with Gasteiger partial charge in [0.1, 0.15) is 5.69 Å². The number of hydrogen-bond acceptors (Lipinski definition) is 5. The highest BCUT2D eigenvalue weighted by molar-refractivity contribution is 5.96. The van der Waals surface area contributed by atoms with E-state index in [0.717, 1.165) is 12.1 Å². The van der Waals surface area contributed by atoms with Gasteiger partial charge in [0.15, 0.2) is 0 Å². The molecule has 188 valence electrons. The predicted molar refractivity (Wildman–Crippen MR) is 120 cm³/mol. The summed E-state index contributed by atoms with van der Waals surface area (Å²) in [6, 6.07) is 6.83. The first kappa shape index (κ1) is 27.2. The van der Waals surface area contributed by atoms with Gasteiger partial charge in [0, 0.05) is 29.8 Å². The zero-order valence-corrected chi connectivity index (χ0v) is 18.8. The Bertz CT molecular complexity index is 1090. The van der Waals surface area contributed by atoms with Crippen molar-refractivity contribution in [3.05, 3.63) is 59.8 Å². The van der Waals surface area contributed by atoms with E-state index >= 15 is 0 Å². The van der Waals surface area contributed by atoms with Crippen molar-refractivity contribution in [2.45, 2.75) is 32.0 Å². The number of aromatic nitrogens is 1. The zero-order chi connectivity index (χ0) is 26.0. The Kier molecular flexibility index (Phi) is 9.62. The number of halogens is 3. The molecule has 0 aliphatic heterocycles. The average molecular weight is 494 g/mol. The first-order valence-electron chi connectivity index (χ1n) is 10.6. The van der Waals surface area contributed by atoms with E-state index in [1.165, 1.54) is 36.4 Å². The van der Waals surface area contributed by atoms with E-state index in [9.17, 15) is 32.3 Å². The molecule has 0 aliphatic rings. The van der Waals surface area contributed by atoms with Crippen LogP contribution in [-0.2, 0) is 25.3 Å². The third-order valence-corrected chi connectivity index (χ3v) is 4.66. The van der Waals surface area contributed by atoms with E-state index in [0.29, 0.717) is 0 Å². The molecule has 0 spiro atoms. The van der Waals surface area contributed by atoms with Crippen molar-refractivity contribution in [2.24, 2.45) is 5.73 Å². The number of carbonyl (C=O) groups excluding carboxylic acids is 4. The van der Waals surface area contributed by atoms with Crippen molar-refractivity contribution >= 4 is 23.7 Å². The minimum absolute atomic E-state index is 0.0442. The maximum atomic E-state index is 13.3. The van der Waals surface area contributed by atoms with E-state index in [2.05, 4.69) is 15.6 Å². The summed E-state index contributed by atoms with van der Waals surface area (Å²) >= 11 is 0. The van der Waals surface area contributed by atoms with Gasteiger partial charge in [-0.3, -0.25) is 14.4 Å². The number of primary amides is 1. The molecule has 0 saturated carbocycles. The van der Waals surface area contributed by atoms with Crippen LogP contribution in [-0.4, -0.2) is 47.9 Å². The van der Waals surface area contributed by atoms with Crippen molar-refractivity contribution in [3.63, 3.8) is 0 Å². The minimum Gasteiger partial charge on any atom is -0.463 e. The summed E-state index contributed by atoms with van der Waals surface area (Å²) in [4.78, 5) is 49.8. The third-order valence-electron chi connectivity index (χ3n) is 4.66. The Balaban J connectivity index is 2.00. The van der Waals surface area contributed by atoms with Crippen LogP contribution >= 0.6 is 0 Å². The van der Waals surface area contributed by atoms with Gasteiger partial charge in [0.25, 0.3) is 5.91 Å². The van der Waals surface area contributed by atoms with Crippen LogP contribution in [0.15, 0.2) is 48.6 Å². The van der Waals surface area contributed by atoms with Gasteiger partial charge in [-0.15, -0.1) is 0 Å². The molecule has 12 heteroatoms. The minimum atomic E-state index is -4.57. The predicted octanol–water partition coefficient (Wildman–Crippen LogP) is 2.30. The number of esters is 1. The Morgan fingerprint density at radius 2 is 1.86 bits per heavy atom. The molecular weight excluding hydrogens is 469 g/mol. The second-order valence-electron chi connectivity index (χ2n) is 7.30. The van der Waals surface area contributed by atoms with Crippen LogP contribution in [0.25, 0.3) is 11.3 Å². The van der Waals surface area contributed by atoms with E-state index in [1.54, 1.807) is 6.92 Å². The molecule has 0 aliphatic carbocycles. The Morgan fingerprint density at radius 3 is 2.51 bits per heavy atom. The largest absolute Gasteiger partial charge is 0.463 e. The smallest absolute Gasteiger partial charge is 0.417 e. The molecule has 0 saturated heterocycles. The van der Waals surface area contributed by atoms with Gasteiger partial charge in [-0.05, 0) is 31.5 Å². The topological polar surface area (TPSA) is 143 Å². The fraction of sp³-hybridized carbons (Fsp3) is 0.304. The third kappa shape index (κ3) is 8.65. The van der Waals surface area contributed by atoms with Gasteiger partial charge in [-0.25, -0.2) is 4.79 Å². The zero-order valence-electron chi connectivity index (χ0n) is 18.8. The molecule has 0 bridgehead atoms. The molecule has 2 aromatic rings. The molecule has 1 unspecified atom stereocenters. The maximum Gasteiger partial charge on any atom is 0.417 e. The van der Waals surface area contributed by atoms with Crippen molar-refractivity contribution in [1.29, 1.82) is 0 Å². The lowest BCUT2D eigenvalue weighted by Gasteiger charge is -2.14. The first-order valence-corrected chi connectivity index (χ1v) is 10.6. The highest BCUT2D eigenvalue weighted by atomic mass is 19.4. The Morgan fingerprint density at radius 1 is 1.14 bits per heavy atom. The van der Waals surface area contributed by atoms with E-state index in [4.69, 9.17) is 10.5 Å². The lowest BCUT2D eigenvalue weighted by Crippen LogP contribution is -2.41. The summed E-state index contributed by atoms with van der Waals surface area (Å²) in [5, 5.41) is 4.89. The van der Waals surface area contributed by atoms with Crippen molar-refractivity contribution < 1.29 is 37.1 Å². The SMILES string of the molecule is CCOC(=O)/C=C/C(CCC(N)=O)NC(=O)CNC(=O)c1ccc(-c2ccccc2C(F)(F)F)[nH]1. The highest BCUT2D eigenvalue weighted by Gasteiger charge is 2.33. The van der Waals surface area contributed by atoms with Crippen molar-refractivity contribution in [3.8, 4) is 11.3 Å². The molecule has 1 atom stereocenters. The number of H-pyrrole nitrogens is 1. The number of hydrogen-bond donors (Lipinski definition) is 4. The number of rotatable bonds is 11. The van der Waals surface area contributed by atoms with Gasteiger partial charge in [-0.2, -0.15) is 13.2 Å². The Labute approximate surface area is 198 Å². The summed E-state index contributed by atoms with van der Waals surface area (Å²) in [6.45, 7) is 1.32. The molecule has 0 fully saturated rings. The van der Waals surface area contributed by atoms with Crippen LogP contribution in [0.5, 0.6) is 0 Å². The van der Waals surface area contributed by atoms with Crippen LogP contribution in [0.4, 0.5) is 13.2 Å². The fourth-order valence-corrected chi connectivity index (χ4v) is 3.06. The fourth-order valence-electron chi connectivity index (χ4n) is 3.06. The number of aromatic amines is 1. The van der Waals surface area contributed by atoms with Crippen molar-refractivity contribution in [1.82, 2.24) is 15.6 Å². The van der Waals surface area contributed by atoms with Crippen LogP contribution in [0.3, 0.4) is 0 Å². The molecule has 5 N–H and O–H groups in total. The molecule has 3 amide bonds. The quantitative estimate of drug-likeness (QED) is 0.280.